The first-order chi connectivity index (χ1) is 8.83. The highest BCUT2D eigenvalue weighted by Crippen LogP contribution is 2.48. The number of benzene rings is 1. The molecule has 0 saturated heterocycles. The van der Waals surface area contributed by atoms with Gasteiger partial charge in [-0.15, -0.1) is 0 Å². The third kappa shape index (κ3) is 2.40. The second kappa shape index (κ2) is 4.77. The van der Waals surface area contributed by atoms with Crippen LogP contribution in [0.4, 0.5) is 48.3 Å². The van der Waals surface area contributed by atoms with Crippen LogP contribution >= 0.6 is 0 Å². The van der Waals surface area contributed by atoms with E-state index < -0.39 is 52.9 Å². The van der Waals surface area contributed by atoms with Crippen molar-refractivity contribution in [1.29, 1.82) is 0 Å². The molecular weight excluding hydrogens is 317 g/mol. The molecule has 0 nitrogen and oxygen atoms in total. The predicted molar refractivity (Wildman–Crippen MR) is 40.6 cm³/mol. The van der Waals surface area contributed by atoms with Crippen molar-refractivity contribution in [2.24, 2.45) is 0 Å². The van der Waals surface area contributed by atoms with Gasteiger partial charge in [0.2, 0.25) is 0 Å². The van der Waals surface area contributed by atoms with Gasteiger partial charge in [-0.2, -0.15) is 30.7 Å². The first kappa shape index (κ1) is 16.5. The van der Waals surface area contributed by atoms with E-state index in [2.05, 4.69) is 0 Å². The molecule has 0 bridgehead atoms. The fourth-order valence-electron chi connectivity index (χ4n) is 1.29. The van der Waals surface area contributed by atoms with E-state index in [9.17, 15) is 48.3 Å². The molecular formula is C9F11. The predicted octanol–water partition coefficient (Wildman–Crippen LogP) is 4.78. The maximum atomic E-state index is 13.0. The second-order valence-corrected chi connectivity index (χ2v) is 3.34. The van der Waals surface area contributed by atoms with Gasteiger partial charge in [0.05, 0.1) is 5.56 Å². The summed E-state index contributed by atoms with van der Waals surface area (Å²) in [7, 11) is 0. The largest absolute Gasteiger partial charge is 0.419 e. The fourth-order valence-corrected chi connectivity index (χ4v) is 1.29. The van der Waals surface area contributed by atoms with Crippen LogP contribution in [0.25, 0.3) is 0 Å². The maximum Gasteiger partial charge on any atom is 0.419 e. The number of hydrogen-bond acceptors (Lipinski definition) is 0. The molecule has 0 aliphatic carbocycles. The summed E-state index contributed by atoms with van der Waals surface area (Å²) in [5.41, 5.74) is -6.66. The molecule has 0 aliphatic rings. The summed E-state index contributed by atoms with van der Waals surface area (Å²) in [5, 5.41) is 0. The van der Waals surface area contributed by atoms with Crippen molar-refractivity contribution in [2.45, 2.75) is 12.1 Å². The van der Waals surface area contributed by atoms with Gasteiger partial charge in [-0.1, -0.05) is 0 Å². The van der Waals surface area contributed by atoms with Crippen LogP contribution in [0.1, 0.15) is 11.1 Å². The molecule has 0 saturated carbocycles. The van der Waals surface area contributed by atoms with Gasteiger partial charge >= 0.3 is 18.5 Å². The first-order valence-corrected chi connectivity index (χ1v) is 4.33. The summed E-state index contributed by atoms with van der Waals surface area (Å²) in [5.74, 6) is -18.6. The highest BCUT2D eigenvalue weighted by molar-refractivity contribution is 5.39. The topological polar surface area (TPSA) is 0 Å². The molecule has 0 fully saturated rings. The lowest BCUT2D eigenvalue weighted by molar-refractivity contribution is -0.148. The molecule has 0 aliphatic heterocycles. The van der Waals surface area contributed by atoms with Crippen molar-refractivity contribution in [1.82, 2.24) is 0 Å². The molecule has 0 amide bonds. The quantitative estimate of drug-likeness (QED) is 0.418. The van der Waals surface area contributed by atoms with E-state index >= 15 is 0 Å². The zero-order valence-corrected chi connectivity index (χ0v) is 8.66. The lowest BCUT2D eigenvalue weighted by Gasteiger charge is -2.21. The minimum Gasteiger partial charge on any atom is -0.203 e. The van der Waals surface area contributed by atoms with Gasteiger partial charge in [0, 0.05) is 0 Å². The molecule has 0 atom stereocenters. The van der Waals surface area contributed by atoms with Crippen LogP contribution in [0.2, 0.25) is 0 Å². The zero-order chi connectivity index (χ0) is 16.0. The zero-order valence-electron chi connectivity index (χ0n) is 8.66. The van der Waals surface area contributed by atoms with Crippen molar-refractivity contribution in [3.8, 4) is 0 Å². The molecule has 0 N–H and O–H groups in total. The molecule has 113 valence electrons. The summed E-state index contributed by atoms with van der Waals surface area (Å²) in [6.45, 7) is 0. The maximum absolute atomic E-state index is 13.0. The van der Waals surface area contributed by atoms with Crippen molar-refractivity contribution < 1.29 is 48.3 Å². The van der Waals surface area contributed by atoms with E-state index in [4.69, 9.17) is 0 Å². The van der Waals surface area contributed by atoms with Gasteiger partial charge in [0.25, 0.3) is 0 Å². The van der Waals surface area contributed by atoms with Crippen LogP contribution in [0.3, 0.4) is 0 Å². The van der Waals surface area contributed by atoms with Crippen LogP contribution in [0, 0.1) is 29.7 Å². The Bertz CT molecular complexity index is 528. The third-order valence-electron chi connectivity index (χ3n) is 2.10. The Morgan fingerprint density at radius 3 is 1.25 bits per heavy atom. The molecule has 20 heavy (non-hydrogen) atoms. The van der Waals surface area contributed by atoms with Gasteiger partial charge in [0.15, 0.2) is 23.3 Å². The van der Waals surface area contributed by atoms with Crippen molar-refractivity contribution in [2.75, 3.05) is 0 Å². The fraction of sp³-hybridized carbons (Fsp3) is 0.222. The minimum absolute atomic E-state index is 3.05. The van der Waals surface area contributed by atoms with Crippen LogP contribution in [-0.4, -0.2) is 0 Å². The number of alkyl halides is 5. The summed E-state index contributed by atoms with van der Waals surface area (Å²) < 4.78 is 138. The summed E-state index contributed by atoms with van der Waals surface area (Å²) in [6, 6.07) is 0. The molecule has 0 unspecified atom stereocenters. The average molecular weight is 317 g/mol. The average Bonchev–Trinajstić information content (AvgIpc) is 2.28. The van der Waals surface area contributed by atoms with E-state index in [0.29, 0.717) is 0 Å². The molecule has 1 radical (unpaired) electrons. The summed E-state index contributed by atoms with van der Waals surface area (Å²) >= 11 is 0. The Hall–Kier alpha value is -1.55. The molecule has 11 heteroatoms. The first-order valence-electron chi connectivity index (χ1n) is 4.33. The normalized spacial score (nSPS) is 13.2. The Labute approximate surface area is 102 Å². The molecule has 1 aromatic carbocycles. The van der Waals surface area contributed by atoms with Crippen LogP contribution in [0.15, 0.2) is 0 Å². The van der Waals surface area contributed by atoms with Crippen molar-refractivity contribution in [3.63, 3.8) is 0 Å². The number of halogens is 11. The minimum atomic E-state index is -6.16. The van der Waals surface area contributed by atoms with E-state index in [0.717, 1.165) is 0 Å². The van der Waals surface area contributed by atoms with Gasteiger partial charge in [-0.05, 0) is 0 Å². The molecule has 0 spiro atoms. The van der Waals surface area contributed by atoms with Gasteiger partial charge < -0.3 is 0 Å². The summed E-state index contributed by atoms with van der Waals surface area (Å²) in [4.78, 5) is 0. The van der Waals surface area contributed by atoms with Crippen molar-refractivity contribution >= 4 is 0 Å². The van der Waals surface area contributed by atoms with Gasteiger partial charge in [-0.25, -0.2) is 17.6 Å². The Kier molecular flexibility index (Phi) is 3.94. The van der Waals surface area contributed by atoms with Gasteiger partial charge in [-0.3, -0.25) is 0 Å². The van der Waals surface area contributed by atoms with Gasteiger partial charge in [0.1, 0.15) is 5.56 Å². The highest BCUT2D eigenvalue weighted by atomic mass is 19.4. The van der Waals surface area contributed by atoms with Crippen LogP contribution in [-0.2, 0) is 12.1 Å². The van der Waals surface area contributed by atoms with Crippen molar-refractivity contribution in [3.05, 3.63) is 40.8 Å². The van der Waals surface area contributed by atoms with Crippen LogP contribution < -0.4 is 0 Å². The third-order valence-corrected chi connectivity index (χ3v) is 2.10. The Balaban J connectivity index is 3.92. The standard InChI is InChI=1S/C9F11/c10-3-1(8(16,17)7(14)15)2(9(18,19)20)4(11)6(13)5(3)12. The monoisotopic (exact) mass is 317 g/mol. The smallest absolute Gasteiger partial charge is 0.203 e. The Morgan fingerprint density at radius 2 is 0.950 bits per heavy atom. The van der Waals surface area contributed by atoms with E-state index in [1.807, 2.05) is 0 Å². The van der Waals surface area contributed by atoms with E-state index in [1.54, 1.807) is 0 Å². The number of rotatable bonds is 2. The lowest BCUT2D eigenvalue weighted by Crippen LogP contribution is -2.28. The van der Waals surface area contributed by atoms with E-state index in [-0.39, 0.29) is 0 Å². The molecule has 0 heterocycles. The van der Waals surface area contributed by atoms with Crippen LogP contribution in [0.5, 0.6) is 0 Å². The van der Waals surface area contributed by atoms with E-state index in [1.165, 1.54) is 0 Å². The summed E-state index contributed by atoms with van der Waals surface area (Å²) in [6.07, 6.45) is -10.2. The Morgan fingerprint density at radius 1 is 0.600 bits per heavy atom. The number of hydrogen-bond donors (Lipinski definition) is 0. The highest BCUT2D eigenvalue weighted by Gasteiger charge is 2.55. The molecule has 0 aromatic heterocycles. The molecule has 1 rings (SSSR count). The SMILES string of the molecule is F[C](F)C(F)(F)c1c(F)c(F)c(F)c(F)c1C(F)(F)F. The second-order valence-electron chi connectivity index (χ2n) is 3.34. The lowest BCUT2D eigenvalue weighted by atomic mass is 9.99. The molecule has 1 aromatic rings.